The molecule has 7 nitrogen and oxygen atoms in total. The van der Waals surface area contributed by atoms with Crippen LogP contribution < -0.4 is 4.90 Å². The lowest BCUT2D eigenvalue weighted by Gasteiger charge is -2.22. The van der Waals surface area contributed by atoms with Crippen LogP contribution in [0.2, 0.25) is 0 Å². The van der Waals surface area contributed by atoms with Crippen molar-refractivity contribution in [1.82, 2.24) is 19.6 Å². The number of anilines is 1. The van der Waals surface area contributed by atoms with Crippen molar-refractivity contribution >= 4 is 39.9 Å². The van der Waals surface area contributed by atoms with Crippen LogP contribution in [0.1, 0.15) is 23.4 Å². The van der Waals surface area contributed by atoms with Crippen LogP contribution >= 0.6 is 11.8 Å². The van der Waals surface area contributed by atoms with E-state index < -0.39 is 0 Å². The summed E-state index contributed by atoms with van der Waals surface area (Å²) in [7, 11) is 0. The lowest BCUT2D eigenvalue weighted by Crippen LogP contribution is -2.33. The summed E-state index contributed by atoms with van der Waals surface area (Å²) >= 11 is 1.33. The molecule has 0 atom stereocenters. The van der Waals surface area contributed by atoms with Crippen LogP contribution in [-0.4, -0.2) is 37.8 Å². The van der Waals surface area contributed by atoms with Gasteiger partial charge >= 0.3 is 0 Å². The number of nitrogens with zero attached hydrogens (tertiary/aromatic N) is 6. The molecule has 0 aliphatic heterocycles. The Morgan fingerprint density at radius 1 is 1.13 bits per heavy atom. The monoisotopic (exact) mass is 430 g/mol. The third kappa shape index (κ3) is 4.23. The summed E-state index contributed by atoms with van der Waals surface area (Å²) in [4.78, 5) is 24.1. The van der Waals surface area contributed by atoms with Gasteiger partial charge in [-0.15, -0.1) is 5.10 Å². The molecule has 0 spiro atoms. The third-order valence-electron chi connectivity index (χ3n) is 5.13. The van der Waals surface area contributed by atoms with E-state index in [1.807, 2.05) is 63.2 Å². The summed E-state index contributed by atoms with van der Waals surface area (Å²) in [5, 5.41) is 15.1. The number of nitriles is 1. The first-order valence-corrected chi connectivity index (χ1v) is 11.0. The van der Waals surface area contributed by atoms with Crippen LogP contribution in [0.15, 0.2) is 47.6 Å². The van der Waals surface area contributed by atoms with Crippen molar-refractivity contribution in [3.8, 4) is 6.07 Å². The Morgan fingerprint density at radius 3 is 2.71 bits per heavy atom. The number of amides is 1. The van der Waals surface area contributed by atoms with Crippen molar-refractivity contribution in [1.29, 1.82) is 5.26 Å². The van der Waals surface area contributed by atoms with Crippen LogP contribution in [-0.2, 0) is 4.79 Å². The minimum Gasteiger partial charge on any atom is -0.311 e. The second-order valence-electron chi connectivity index (χ2n) is 7.32. The maximum Gasteiger partial charge on any atom is 0.237 e. The Morgan fingerprint density at radius 2 is 1.94 bits per heavy atom. The van der Waals surface area contributed by atoms with Crippen LogP contribution in [0.25, 0.3) is 16.6 Å². The molecule has 0 aliphatic carbocycles. The SMILES string of the molecule is Cc1nc2c3ccccc3nc(SCC(=O)N(CCC#N)c3ccc(C)c(C)c3)n2n1. The topological polar surface area (TPSA) is 87.2 Å². The highest BCUT2D eigenvalue weighted by molar-refractivity contribution is 7.99. The van der Waals surface area contributed by atoms with Gasteiger partial charge in [0.1, 0.15) is 5.82 Å². The molecule has 0 unspecified atom stereocenters. The Kier molecular flexibility index (Phi) is 5.87. The molecule has 0 fully saturated rings. The van der Waals surface area contributed by atoms with E-state index in [0.717, 1.165) is 33.4 Å². The molecule has 31 heavy (non-hydrogen) atoms. The van der Waals surface area contributed by atoms with Crippen LogP contribution in [0.3, 0.4) is 0 Å². The van der Waals surface area contributed by atoms with Crippen LogP contribution in [0.5, 0.6) is 0 Å². The molecule has 0 bridgehead atoms. The second-order valence-corrected chi connectivity index (χ2v) is 8.26. The molecular weight excluding hydrogens is 408 g/mol. The van der Waals surface area contributed by atoms with Gasteiger partial charge in [-0.3, -0.25) is 4.79 Å². The van der Waals surface area contributed by atoms with E-state index in [1.54, 1.807) is 9.42 Å². The Bertz CT molecular complexity index is 1320. The average molecular weight is 431 g/mol. The Balaban J connectivity index is 1.63. The average Bonchev–Trinajstić information content (AvgIpc) is 3.16. The number of carbonyl (C=O) groups excluding carboxylic acids is 1. The van der Waals surface area contributed by atoms with Crippen molar-refractivity contribution < 1.29 is 4.79 Å². The molecule has 0 saturated carbocycles. The van der Waals surface area contributed by atoms with Gasteiger partial charge in [-0.05, 0) is 56.2 Å². The summed E-state index contributed by atoms with van der Waals surface area (Å²) in [6.07, 6.45) is 0.268. The fourth-order valence-electron chi connectivity index (χ4n) is 3.38. The highest BCUT2D eigenvalue weighted by Crippen LogP contribution is 2.25. The first kappa shape index (κ1) is 20.8. The van der Waals surface area contributed by atoms with Gasteiger partial charge < -0.3 is 4.90 Å². The van der Waals surface area contributed by atoms with Gasteiger partial charge in [-0.25, -0.2) is 9.97 Å². The largest absolute Gasteiger partial charge is 0.311 e. The number of rotatable bonds is 6. The van der Waals surface area contributed by atoms with E-state index in [1.165, 1.54) is 11.8 Å². The van der Waals surface area contributed by atoms with Crippen LogP contribution in [0, 0.1) is 32.1 Å². The fraction of sp³-hybridized carbons (Fsp3) is 0.261. The predicted molar refractivity (Wildman–Crippen MR) is 122 cm³/mol. The van der Waals surface area contributed by atoms with Crippen molar-refractivity contribution in [3.05, 3.63) is 59.4 Å². The molecule has 0 saturated heterocycles. The first-order valence-electron chi connectivity index (χ1n) is 9.97. The van der Waals surface area contributed by atoms with E-state index >= 15 is 0 Å². The van der Waals surface area contributed by atoms with E-state index in [2.05, 4.69) is 16.2 Å². The molecular formula is C23H22N6OS. The minimum atomic E-state index is -0.0801. The van der Waals surface area contributed by atoms with E-state index in [4.69, 9.17) is 10.2 Å². The number of para-hydroxylation sites is 1. The molecule has 4 aromatic rings. The number of aromatic nitrogens is 4. The highest BCUT2D eigenvalue weighted by Gasteiger charge is 2.19. The third-order valence-corrected chi connectivity index (χ3v) is 6.04. The van der Waals surface area contributed by atoms with E-state index in [0.29, 0.717) is 17.5 Å². The number of carbonyl (C=O) groups is 1. The number of hydrogen-bond donors (Lipinski definition) is 0. The molecule has 0 radical (unpaired) electrons. The number of thioether (sulfide) groups is 1. The zero-order valence-electron chi connectivity index (χ0n) is 17.7. The number of fused-ring (bicyclic) bond motifs is 3. The van der Waals surface area contributed by atoms with Crippen LogP contribution in [0.4, 0.5) is 5.69 Å². The van der Waals surface area contributed by atoms with Crippen molar-refractivity contribution in [2.45, 2.75) is 32.3 Å². The van der Waals surface area contributed by atoms with Crippen molar-refractivity contribution in [2.75, 3.05) is 17.2 Å². The molecule has 0 aliphatic rings. The lowest BCUT2D eigenvalue weighted by molar-refractivity contribution is -0.116. The maximum atomic E-state index is 13.1. The zero-order valence-corrected chi connectivity index (χ0v) is 18.5. The van der Waals surface area contributed by atoms with Gasteiger partial charge in [-0.1, -0.05) is 30.0 Å². The van der Waals surface area contributed by atoms with Gasteiger partial charge in [0.2, 0.25) is 5.91 Å². The Labute approximate surface area is 184 Å². The van der Waals surface area contributed by atoms with Crippen molar-refractivity contribution in [2.24, 2.45) is 0 Å². The lowest BCUT2D eigenvalue weighted by atomic mass is 10.1. The fourth-order valence-corrected chi connectivity index (χ4v) is 4.20. The summed E-state index contributed by atoms with van der Waals surface area (Å²) < 4.78 is 1.70. The molecule has 2 aromatic heterocycles. The molecule has 2 heterocycles. The molecule has 1 amide bonds. The number of aryl methyl sites for hydroxylation is 3. The first-order chi connectivity index (χ1) is 15.0. The Hall–Kier alpha value is -3.44. The van der Waals surface area contributed by atoms with Gasteiger partial charge in [0.25, 0.3) is 0 Å². The summed E-state index contributed by atoms with van der Waals surface area (Å²) in [6, 6.07) is 15.8. The number of hydrogen-bond acceptors (Lipinski definition) is 6. The van der Waals surface area contributed by atoms with Gasteiger partial charge in [0.15, 0.2) is 10.8 Å². The van der Waals surface area contributed by atoms with Crippen molar-refractivity contribution in [3.63, 3.8) is 0 Å². The molecule has 156 valence electrons. The van der Waals surface area contributed by atoms with Gasteiger partial charge in [-0.2, -0.15) is 9.78 Å². The summed E-state index contributed by atoms with van der Waals surface area (Å²) in [5.41, 5.74) is 4.62. The predicted octanol–water partition coefficient (Wildman–Crippen LogP) is 4.24. The second kappa shape index (κ2) is 8.74. The molecule has 4 rings (SSSR count). The highest BCUT2D eigenvalue weighted by atomic mass is 32.2. The maximum absolute atomic E-state index is 13.1. The smallest absolute Gasteiger partial charge is 0.237 e. The molecule has 2 aromatic carbocycles. The quantitative estimate of drug-likeness (QED) is 0.336. The normalized spacial score (nSPS) is 11.0. The summed E-state index contributed by atoms with van der Waals surface area (Å²) in [6.45, 7) is 6.24. The van der Waals surface area contributed by atoms with Gasteiger partial charge in [0, 0.05) is 17.6 Å². The van der Waals surface area contributed by atoms with Gasteiger partial charge in [0.05, 0.1) is 23.8 Å². The molecule has 8 heteroatoms. The number of benzene rings is 2. The van der Waals surface area contributed by atoms with E-state index in [-0.39, 0.29) is 18.1 Å². The molecule has 0 N–H and O–H groups in total. The van der Waals surface area contributed by atoms with E-state index in [9.17, 15) is 4.79 Å². The minimum absolute atomic E-state index is 0.0801. The standard InChI is InChI=1S/C23H22N6OS/c1-15-9-10-18(13-16(15)2)28(12-6-11-24)21(30)14-31-23-26-20-8-5-4-7-19(20)22-25-17(3)27-29(22)23/h4-5,7-10,13H,6,12,14H2,1-3H3. The summed E-state index contributed by atoms with van der Waals surface area (Å²) in [5.74, 6) is 0.748. The zero-order chi connectivity index (χ0) is 22.0.